The molecule has 0 radical (unpaired) electrons. The Morgan fingerprint density at radius 3 is 2.46 bits per heavy atom. The molecule has 4 rings (SSSR count). The van der Waals surface area contributed by atoms with Gasteiger partial charge >= 0.3 is 0 Å². The lowest BCUT2D eigenvalue weighted by Crippen LogP contribution is -2.31. The van der Waals surface area contributed by atoms with Crippen molar-refractivity contribution in [3.63, 3.8) is 0 Å². The number of nitrogens with zero attached hydrogens (tertiary/aromatic N) is 1. The van der Waals surface area contributed by atoms with Gasteiger partial charge in [0.05, 0.1) is 6.04 Å². The van der Waals surface area contributed by atoms with Gasteiger partial charge in [0.2, 0.25) is 5.91 Å². The van der Waals surface area contributed by atoms with Crippen LogP contribution in [0.3, 0.4) is 0 Å². The molecule has 0 spiro atoms. The van der Waals surface area contributed by atoms with E-state index < -0.39 is 0 Å². The zero-order chi connectivity index (χ0) is 16.4. The van der Waals surface area contributed by atoms with Gasteiger partial charge in [-0.05, 0) is 60.3 Å². The van der Waals surface area contributed by atoms with Crippen molar-refractivity contribution in [2.75, 3.05) is 0 Å². The molecule has 0 aliphatic heterocycles. The molecule has 3 nitrogen and oxygen atoms in total. The van der Waals surface area contributed by atoms with Crippen molar-refractivity contribution in [1.82, 2.24) is 10.3 Å². The van der Waals surface area contributed by atoms with Crippen LogP contribution in [-0.4, -0.2) is 10.9 Å². The molecule has 4 atom stereocenters. The van der Waals surface area contributed by atoms with Crippen LogP contribution in [0, 0.1) is 17.8 Å². The summed E-state index contributed by atoms with van der Waals surface area (Å²) in [6.45, 7) is 0. The molecule has 0 saturated heterocycles. The van der Waals surface area contributed by atoms with Crippen LogP contribution in [0.25, 0.3) is 0 Å². The van der Waals surface area contributed by atoms with E-state index in [1.54, 1.807) is 12.4 Å². The molecule has 3 heteroatoms. The van der Waals surface area contributed by atoms with E-state index in [1.807, 2.05) is 30.3 Å². The van der Waals surface area contributed by atoms with Gasteiger partial charge < -0.3 is 5.32 Å². The number of rotatable bonds is 5. The first-order valence-corrected chi connectivity index (χ1v) is 9.04. The number of amides is 1. The summed E-state index contributed by atoms with van der Waals surface area (Å²) in [6, 6.07) is 14.1. The van der Waals surface area contributed by atoms with Gasteiger partial charge in [-0.2, -0.15) is 0 Å². The number of fused-ring (bicyclic) bond motifs is 2. The fourth-order valence-corrected chi connectivity index (χ4v) is 4.65. The molecule has 2 bridgehead atoms. The van der Waals surface area contributed by atoms with Gasteiger partial charge in [-0.1, -0.05) is 36.8 Å². The second-order valence-electron chi connectivity index (χ2n) is 7.33. The average molecular weight is 320 g/mol. The number of hydrogen-bond acceptors (Lipinski definition) is 2. The molecule has 2 saturated carbocycles. The summed E-state index contributed by atoms with van der Waals surface area (Å²) in [7, 11) is 0. The quantitative estimate of drug-likeness (QED) is 0.900. The Balaban J connectivity index is 1.48. The first-order valence-electron chi connectivity index (χ1n) is 9.04. The summed E-state index contributed by atoms with van der Waals surface area (Å²) < 4.78 is 0. The molecule has 124 valence electrons. The SMILES string of the molecule is O=C(C[C@@H]1C[C@H]2CC[C@H]1C2)N[C@@H](c1ccccc1)c1ccncc1. The van der Waals surface area contributed by atoms with Gasteiger partial charge in [0.25, 0.3) is 0 Å². The molecule has 1 aromatic carbocycles. The number of pyridine rings is 1. The molecule has 2 aliphatic rings. The predicted molar refractivity (Wildman–Crippen MR) is 94.2 cm³/mol. The van der Waals surface area contributed by atoms with E-state index in [0.717, 1.165) is 23.0 Å². The monoisotopic (exact) mass is 320 g/mol. The molecular weight excluding hydrogens is 296 g/mol. The molecular formula is C21H24N2O. The van der Waals surface area contributed by atoms with E-state index in [0.29, 0.717) is 12.3 Å². The summed E-state index contributed by atoms with van der Waals surface area (Å²) in [5.74, 6) is 2.45. The number of benzene rings is 1. The summed E-state index contributed by atoms with van der Waals surface area (Å²) in [4.78, 5) is 16.8. The van der Waals surface area contributed by atoms with Gasteiger partial charge in [0, 0.05) is 18.8 Å². The van der Waals surface area contributed by atoms with Crippen molar-refractivity contribution in [2.45, 2.75) is 38.1 Å². The first-order chi connectivity index (χ1) is 11.8. The smallest absolute Gasteiger partial charge is 0.221 e. The molecule has 24 heavy (non-hydrogen) atoms. The van der Waals surface area contributed by atoms with E-state index >= 15 is 0 Å². The minimum absolute atomic E-state index is 0.0970. The van der Waals surface area contributed by atoms with Gasteiger partial charge in [-0.25, -0.2) is 0 Å². The largest absolute Gasteiger partial charge is 0.345 e. The Labute approximate surface area is 143 Å². The Kier molecular flexibility index (Phi) is 4.33. The van der Waals surface area contributed by atoms with Crippen LogP contribution in [0.15, 0.2) is 54.9 Å². The van der Waals surface area contributed by atoms with Gasteiger partial charge in [-0.15, -0.1) is 0 Å². The maximum atomic E-state index is 12.7. The molecule has 1 aromatic heterocycles. The van der Waals surface area contributed by atoms with Crippen LogP contribution < -0.4 is 5.32 Å². The third kappa shape index (κ3) is 3.21. The highest BCUT2D eigenvalue weighted by atomic mass is 16.1. The molecule has 2 aliphatic carbocycles. The van der Waals surface area contributed by atoms with Gasteiger partial charge in [0.15, 0.2) is 0 Å². The Morgan fingerprint density at radius 2 is 1.79 bits per heavy atom. The number of carbonyl (C=O) groups excluding carboxylic acids is 1. The predicted octanol–water partition coefficient (Wildman–Crippen LogP) is 4.11. The van der Waals surface area contributed by atoms with Gasteiger partial charge in [-0.3, -0.25) is 9.78 Å². The van der Waals surface area contributed by atoms with Gasteiger partial charge in [0.1, 0.15) is 0 Å². The summed E-state index contributed by atoms with van der Waals surface area (Å²) in [5.41, 5.74) is 2.20. The number of hydrogen-bond donors (Lipinski definition) is 1. The summed E-state index contributed by atoms with van der Waals surface area (Å²) in [5, 5.41) is 3.27. The normalized spacial score (nSPS) is 26.2. The third-order valence-corrected chi connectivity index (χ3v) is 5.81. The fourth-order valence-electron chi connectivity index (χ4n) is 4.65. The van der Waals surface area contributed by atoms with Crippen molar-refractivity contribution in [3.05, 3.63) is 66.0 Å². The summed E-state index contributed by atoms with van der Waals surface area (Å²) >= 11 is 0. The second-order valence-corrected chi connectivity index (χ2v) is 7.33. The standard InChI is InChI=1S/C21H24N2O/c24-20(14-19-13-15-6-7-18(19)12-15)23-21(16-4-2-1-3-5-16)17-8-10-22-11-9-17/h1-5,8-11,15,18-19,21H,6-7,12-14H2,(H,23,24)/t15-,18-,19-,21-/m0/s1. The van der Waals surface area contributed by atoms with Crippen molar-refractivity contribution in [3.8, 4) is 0 Å². The molecule has 1 heterocycles. The van der Waals surface area contributed by atoms with Crippen LogP contribution in [0.1, 0.15) is 49.3 Å². The van der Waals surface area contributed by atoms with E-state index in [1.165, 1.54) is 25.7 Å². The molecule has 1 N–H and O–H groups in total. The topological polar surface area (TPSA) is 42.0 Å². The van der Waals surface area contributed by atoms with Crippen molar-refractivity contribution < 1.29 is 4.79 Å². The van der Waals surface area contributed by atoms with Crippen LogP contribution in [0.4, 0.5) is 0 Å². The lowest BCUT2D eigenvalue weighted by atomic mass is 9.86. The summed E-state index contributed by atoms with van der Waals surface area (Å²) in [6.07, 6.45) is 9.56. The lowest BCUT2D eigenvalue weighted by Gasteiger charge is -2.24. The van der Waals surface area contributed by atoms with Crippen LogP contribution >= 0.6 is 0 Å². The Morgan fingerprint density at radius 1 is 1.04 bits per heavy atom. The Bertz CT molecular complexity index is 646. The maximum absolute atomic E-state index is 12.7. The van der Waals surface area contributed by atoms with E-state index in [-0.39, 0.29) is 11.9 Å². The lowest BCUT2D eigenvalue weighted by molar-refractivity contribution is -0.122. The minimum Gasteiger partial charge on any atom is -0.345 e. The molecule has 2 aromatic rings. The molecule has 2 fully saturated rings. The number of nitrogens with one attached hydrogen (secondary N) is 1. The highest BCUT2D eigenvalue weighted by Crippen LogP contribution is 2.49. The highest BCUT2D eigenvalue weighted by molar-refractivity contribution is 5.77. The van der Waals surface area contributed by atoms with E-state index in [4.69, 9.17) is 0 Å². The number of aromatic nitrogens is 1. The molecule has 0 unspecified atom stereocenters. The first kappa shape index (κ1) is 15.4. The van der Waals surface area contributed by atoms with Crippen molar-refractivity contribution in [1.29, 1.82) is 0 Å². The van der Waals surface area contributed by atoms with E-state index in [9.17, 15) is 4.79 Å². The average Bonchev–Trinajstić information content (AvgIpc) is 3.24. The van der Waals surface area contributed by atoms with Crippen molar-refractivity contribution in [2.24, 2.45) is 17.8 Å². The maximum Gasteiger partial charge on any atom is 0.221 e. The Hall–Kier alpha value is -2.16. The van der Waals surface area contributed by atoms with Crippen LogP contribution in [0.5, 0.6) is 0 Å². The fraction of sp³-hybridized carbons (Fsp3) is 0.429. The van der Waals surface area contributed by atoms with Crippen molar-refractivity contribution >= 4 is 5.91 Å². The third-order valence-electron chi connectivity index (χ3n) is 5.81. The van der Waals surface area contributed by atoms with Crippen LogP contribution in [-0.2, 0) is 4.79 Å². The number of carbonyl (C=O) groups is 1. The molecule has 1 amide bonds. The second kappa shape index (κ2) is 6.76. The van der Waals surface area contributed by atoms with E-state index in [2.05, 4.69) is 22.4 Å². The highest BCUT2D eigenvalue weighted by Gasteiger charge is 2.40. The zero-order valence-electron chi connectivity index (χ0n) is 13.9. The minimum atomic E-state index is -0.0970. The zero-order valence-corrected chi connectivity index (χ0v) is 13.9. The van der Waals surface area contributed by atoms with Crippen LogP contribution in [0.2, 0.25) is 0 Å².